The summed E-state index contributed by atoms with van der Waals surface area (Å²) < 4.78 is 7.69. The average Bonchev–Trinajstić information content (AvgIpc) is 3.26. The summed E-state index contributed by atoms with van der Waals surface area (Å²) in [4.78, 5) is 12.4. The van der Waals surface area contributed by atoms with Gasteiger partial charge >= 0.3 is 0 Å². The van der Waals surface area contributed by atoms with Crippen LogP contribution in [0.15, 0.2) is 84.3 Å². The zero-order valence-electron chi connectivity index (χ0n) is 18.0. The molecule has 0 aliphatic rings. The van der Waals surface area contributed by atoms with Gasteiger partial charge in [0.2, 0.25) is 5.91 Å². The van der Waals surface area contributed by atoms with Crippen LogP contribution in [0.25, 0.3) is 5.69 Å². The Morgan fingerprint density at radius 3 is 2.56 bits per heavy atom. The summed E-state index contributed by atoms with van der Waals surface area (Å²) in [7, 11) is 0. The Balaban J connectivity index is 1.31. The molecule has 4 rings (SSSR count). The number of carbonyl (C=O) groups is 1. The molecule has 0 bridgehead atoms. The number of hydrogen-bond donors (Lipinski definition) is 1. The van der Waals surface area contributed by atoms with E-state index in [0.717, 1.165) is 28.3 Å². The molecule has 1 N–H and O–H groups in total. The quantitative estimate of drug-likeness (QED) is 0.379. The number of rotatable bonds is 8. The smallest absolute Gasteiger partial charge is 0.234 e. The lowest BCUT2D eigenvalue weighted by Gasteiger charge is -2.10. The van der Waals surface area contributed by atoms with E-state index in [1.165, 1.54) is 17.3 Å². The summed E-state index contributed by atoms with van der Waals surface area (Å²) in [6, 6.07) is 23.6. The van der Waals surface area contributed by atoms with Gasteiger partial charge in [0.05, 0.1) is 11.4 Å². The van der Waals surface area contributed by atoms with Crippen LogP contribution < -0.4 is 10.1 Å². The van der Waals surface area contributed by atoms with Crippen LogP contribution >= 0.6 is 11.8 Å². The van der Waals surface area contributed by atoms with E-state index >= 15 is 0 Å². The lowest BCUT2D eigenvalue weighted by molar-refractivity contribution is -0.113. The number of aryl methyl sites for hydroxylation is 2. The molecule has 0 spiro atoms. The Bertz CT molecular complexity index is 1190. The van der Waals surface area contributed by atoms with Crippen molar-refractivity contribution in [3.63, 3.8) is 0 Å². The van der Waals surface area contributed by atoms with E-state index in [0.29, 0.717) is 11.8 Å². The van der Waals surface area contributed by atoms with Gasteiger partial charge in [-0.1, -0.05) is 59.8 Å². The minimum Gasteiger partial charge on any atom is -0.489 e. The third-order valence-corrected chi connectivity index (χ3v) is 5.79. The third-order valence-electron chi connectivity index (χ3n) is 4.85. The largest absolute Gasteiger partial charge is 0.489 e. The first-order valence-corrected chi connectivity index (χ1v) is 11.2. The molecule has 0 atom stereocenters. The van der Waals surface area contributed by atoms with Crippen LogP contribution in [0.5, 0.6) is 5.75 Å². The first-order chi connectivity index (χ1) is 15.6. The fraction of sp³-hybridized carbons (Fsp3) is 0.160. The van der Waals surface area contributed by atoms with Crippen molar-refractivity contribution in [2.24, 2.45) is 0 Å². The number of thioether (sulfide) groups is 1. The summed E-state index contributed by atoms with van der Waals surface area (Å²) in [5.74, 6) is 0.876. The van der Waals surface area contributed by atoms with Crippen molar-refractivity contribution in [3.05, 3.63) is 95.8 Å². The van der Waals surface area contributed by atoms with E-state index in [1.807, 2.05) is 65.2 Å². The predicted molar refractivity (Wildman–Crippen MR) is 127 cm³/mol. The molecular formula is C25H24N4O2S. The molecule has 162 valence electrons. The van der Waals surface area contributed by atoms with Gasteiger partial charge in [0.25, 0.3) is 0 Å². The topological polar surface area (TPSA) is 69.0 Å². The number of hydrogen-bond acceptors (Lipinski definition) is 5. The minimum atomic E-state index is -0.108. The van der Waals surface area contributed by atoms with Crippen LogP contribution in [0.3, 0.4) is 0 Å². The highest BCUT2D eigenvalue weighted by Crippen LogP contribution is 2.23. The van der Waals surface area contributed by atoms with Gasteiger partial charge in [-0.05, 0) is 55.3 Å². The maximum absolute atomic E-state index is 12.4. The minimum absolute atomic E-state index is 0.108. The van der Waals surface area contributed by atoms with Crippen LogP contribution in [0.1, 0.15) is 16.7 Å². The number of nitrogens with zero attached hydrogens (tertiary/aromatic N) is 3. The number of benzene rings is 3. The second kappa shape index (κ2) is 10.2. The number of nitrogens with one attached hydrogen (secondary N) is 1. The van der Waals surface area contributed by atoms with Crippen LogP contribution in [-0.2, 0) is 11.4 Å². The van der Waals surface area contributed by atoms with E-state index < -0.39 is 0 Å². The van der Waals surface area contributed by atoms with Gasteiger partial charge in [-0.25, -0.2) is 0 Å². The van der Waals surface area contributed by atoms with E-state index in [2.05, 4.69) is 41.5 Å². The Morgan fingerprint density at radius 1 is 1.03 bits per heavy atom. The second-order valence-corrected chi connectivity index (χ2v) is 8.35. The summed E-state index contributed by atoms with van der Waals surface area (Å²) in [5.41, 5.74) is 5.17. The van der Waals surface area contributed by atoms with E-state index in [4.69, 9.17) is 4.74 Å². The van der Waals surface area contributed by atoms with Crippen LogP contribution in [-0.4, -0.2) is 26.4 Å². The molecule has 0 aliphatic carbocycles. The highest BCUT2D eigenvalue weighted by atomic mass is 32.2. The number of aromatic nitrogens is 3. The van der Waals surface area contributed by atoms with E-state index in [-0.39, 0.29) is 11.7 Å². The molecule has 0 radical (unpaired) electrons. The maximum atomic E-state index is 12.4. The maximum Gasteiger partial charge on any atom is 0.234 e. The van der Waals surface area contributed by atoms with Crippen LogP contribution in [0, 0.1) is 13.8 Å². The number of amides is 1. The fourth-order valence-electron chi connectivity index (χ4n) is 3.27. The molecule has 3 aromatic carbocycles. The van der Waals surface area contributed by atoms with Crippen LogP contribution in [0.2, 0.25) is 0 Å². The summed E-state index contributed by atoms with van der Waals surface area (Å²) in [6.07, 6.45) is 1.67. The SMILES string of the molecule is Cc1ccc(-n2cnnc2SCC(=O)Nc2ccc(OCc3ccccc3)cc2)c(C)c1. The van der Waals surface area contributed by atoms with Gasteiger partial charge in [0.15, 0.2) is 5.16 Å². The number of carbonyl (C=O) groups excluding carboxylic acids is 1. The summed E-state index contributed by atoms with van der Waals surface area (Å²) >= 11 is 1.35. The highest BCUT2D eigenvalue weighted by Gasteiger charge is 2.12. The van der Waals surface area contributed by atoms with Crippen molar-refractivity contribution >= 4 is 23.4 Å². The Kier molecular flexibility index (Phi) is 6.87. The molecule has 0 fully saturated rings. The fourth-order valence-corrected chi connectivity index (χ4v) is 3.99. The molecule has 6 nitrogen and oxygen atoms in total. The van der Waals surface area contributed by atoms with Gasteiger partial charge in [0, 0.05) is 5.69 Å². The zero-order chi connectivity index (χ0) is 22.3. The Hall–Kier alpha value is -3.58. The van der Waals surface area contributed by atoms with Crippen LogP contribution in [0.4, 0.5) is 5.69 Å². The molecule has 1 heterocycles. The highest BCUT2D eigenvalue weighted by molar-refractivity contribution is 7.99. The van der Waals surface area contributed by atoms with Gasteiger partial charge in [-0.3, -0.25) is 9.36 Å². The van der Waals surface area contributed by atoms with E-state index in [9.17, 15) is 4.79 Å². The average molecular weight is 445 g/mol. The summed E-state index contributed by atoms with van der Waals surface area (Å²) in [5, 5.41) is 11.8. The second-order valence-electron chi connectivity index (χ2n) is 7.41. The number of ether oxygens (including phenoxy) is 1. The van der Waals surface area contributed by atoms with Gasteiger partial charge < -0.3 is 10.1 Å². The van der Waals surface area contributed by atoms with Crippen molar-refractivity contribution < 1.29 is 9.53 Å². The third kappa shape index (κ3) is 5.56. The molecular weight excluding hydrogens is 420 g/mol. The van der Waals surface area contributed by atoms with Crippen molar-refractivity contribution in [3.8, 4) is 11.4 Å². The Labute approximate surface area is 191 Å². The molecule has 0 aliphatic heterocycles. The standard InChI is InChI=1S/C25H24N4O2S/c1-18-8-13-23(19(2)14-18)29-17-26-28-25(29)32-16-24(30)27-21-9-11-22(12-10-21)31-15-20-6-4-3-5-7-20/h3-14,17H,15-16H2,1-2H3,(H,27,30). The molecule has 4 aromatic rings. The normalized spacial score (nSPS) is 10.7. The van der Waals surface area contributed by atoms with Gasteiger partial charge in [0.1, 0.15) is 18.7 Å². The lowest BCUT2D eigenvalue weighted by Crippen LogP contribution is -2.14. The molecule has 0 saturated heterocycles. The van der Waals surface area contributed by atoms with Crippen molar-refractivity contribution in [1.82, 2.24) is 14.8 Å². The molecule has 1 amide bonds. The lowest BCUT2D eigenvalue weighted by atomic mass is 10.1. The van der Waals surface area contributed by atoms with Crippen molar-refractivity contribution in [2.75, 3.05) is 11.1 Å². The van der Waals surface area contributed by atoms with Gasteiger partial charge in [-0.15, -0.1) is 10.2 Å². The van der Waals surface area contributed by atoms with Gasteiger partial charge in [-0.2, -0.15) is 0 Å². The monoisotopic (exact) mass is 444 g/mol. The number of anilines is 1. The predicted octanol–water partition coefficient (Wildman–Crippen LogP) is 5.19. The molecule has 7 heteroatoms. The molecule has 0 unspecified atom stereocenters. The zero-order valence-corrected chi connectivity index (χ0v) is 18.8. The summed E-state index contributed by atoms with van der Waals surface area (Å²) in [6.45, 7) is 4.62. The Morgan fingerprint density at radius 2 is 1.81 bits per heavy atom. The molecule has 32 heavy (non-hydrogen) atoms. The first-order valence-electron chi connectivity index (χ1n) is 10.3. The van der Waals surface area contributed by atoms with E-state index in [1.54, 1.807) is 6.33 Å². The molecule has 0 saturated carbocycles. The van der Waals surface area contributed by atoms with Crippen molar-refractivity contribution in [2.45, 2.75) is 25.6 Å². The van der Waals surface area contributed by atoms with Crippen molar-refractivity contribution in [1.29, 1.82) is 0 Å². The molecule has 1 aromatic heterocycles. The first kappa shape index (κ1) is 21.6.